The molecule has 0 saturated carbocycles. The van der Waals surface area contributed by atoms with Gasteiger partial charge in [-0.3, -0.25) is 14.2 Å². The fourth-order valence-corrected chi connectivity index (χ4v) is 1.15. The van der Waals surface area contributed by atoms with Crippen LogP contribution in [0.3, 0.4) is 0 Å². The molecule has 1 atom stereocenters. The zero-order chi connectivity index (χ0) is 11.4. The van der Waals surface area contributed by atoms with Crippen molar-refractivity contribution in [3.05, 3.63) is 28.4 Å². The van der Waals surface area contributed by atoms with E-state index in [0.29, 0.717) is 5.69 Å². The van der Waals surface area contributed by atoms with Crippen LogP contribution in [0.4, 0.5) is 0 Å². The third kappa shape index (κ3) is 3.51. The second kappa shape index (κ2) is 4.70. The third-order valence-electron chi connectivity index (χ3n) is 1.83. The molecule has 0 bridgehead atoms. The Bertz CT molecular complexity index is 413. The number of aliphatic carboxylic acids is 1. The van der Waals surface area contributed by atoms with Crippen molar-refractivity contribution in [3.63, 3.8) is 0 Å². The molecule has 0 aromatic carbocycles. The van der Waals surface area contributed by atoms with E-state index in [2.05, 4.69) is 4.98 Å². The standard InChI is InChI=1S/C9H12N2O4/c1-6-2-8(13)11(5-10-6)4-7(12)3-9(14)15/h2,5,7,12H,3-4H2,1H3,(H,14,15). The lowest BCUT2D eigenvalue weighted by atomic mass is 10.2. The summed E-state index contributed by atoms with van der Waals surface area (Å²) >= 11 is 0. The minimum absolute atomic E-state index is 0.0571. The summed E-state index contributed by atoms with van der Waals surface area (Å²) in [5.41, 5.74) is 0.288. The van der Waals surface area contributed by atoms with Crippen LogP contribution in [0.1, 0.15) is 12.1 Å². The van der Waals surface area contributed by atoms with Gasteiger partial charge in [0.1, 0.15) is 0 Å². The smallest absolute Gasteiger partial charge is 0.306 e. The number of carboxylic acids is 1. The Morgan fingerprint density at radius 1 is 1.67 bits per heavy atom. The average Bonchev–Trinajstić information content (AvgIpc) is 2.08. The van der Waals surface area contributed by atoms with Gasteiger partial charge in [0.25, 0.3) is 5.56 Å². The molecule has 0 fully saturated rings. The van der Waals surface area contributed by atoms with E-state index in [1.807, 2.05) is 0 Å². The SMILES string of the molecule is Cc1cc(=O)n(CC(O)CC(=O)O)cn1. The summed E-state index contributed by atoms with van der Waals surface area (Å²) in [6, 6.07) is 1.33. The van der Waals surface area contributed by atoms with Crippen molar-refractivity contribution >= 4 is 5.97 Å². The van der Waals surface area contributed by atoms with E-state index in [0.717, 1.165) is 0 Å². The zero-order valence-electron chi connectivity index (χ0n) is 8.25. The number of aliphatic hydroxyl groups excluding tert-OH is 1. The Morgan fingerprint density at radius 2 is 2.33 bits per heavy atom. The highest BCUT2D eigenvalue weighted by Gasteiger charge is 2.10. The predicted molar refractivity (Wildman–Crippen MR) is 51.5 cm³/mol. The fraction of sp³-hybridized carbons (Fsp3) is 0.444. The molecule has 0 saturated heterocycles. The molecule has 0 radical (unpaired) electrons. The second-order valence-electron chi connectivity index (χ2n) is 3.27. The molecule has 1 heterocycles. The summed E-state index contributed by atoms with van der Waals surface area (Å²) in [7, 11) is 0. The first kappa shape index (κ1) is 11.4. The van der Waals surface area contributed by atoms with E-state index in [4.69, 9.17) is 5.11 Å². The molecule has 82 valence electrons. The van der Waals surface area contributed by atoms with Crippen LogP contribution in [-0.4, -0.2) is 31.8 Å². The number of hydrogen-bond acceptors (Lipinski definition) is 4. The summed E-state index contributed by atoms with van der Waals surface area (Å²) in [5, 5.41) is 17.7. The van der Waals surface area contributed by atoms with Gasteiger partial charge in [-0.25, -0.2) is 4.98 Å². The Balaban J connectivity index is 2.72. The summed E-state index contributed by atoms with van der Waals surface area (Å²) in [4.78, 5) is 25.5. The summed E-state index contributed by atoms with van der Waals surface area (Å²) in [6.07, 6.45) is -0.173. The molecule has 0 amide bonds. The van der Waals surface area contributed by atoms with Gasteiger partial charge < -0.3 is 10.2 Å². The van der Waals surface area contributed by atoms with Gasteiger partial charge in [0, 0.05) is 11.8 Å². The van der Waals surface area contributed by atoms with Gasteiger partial charge in [0.15, 0.2) is 0 Å². The summed E-state index contributed by atoms with van der Waals surface area (Å²) < 4.78 is 1.18. The van der Waals surface area contributed by atoms with Crippen molar-refractivity contribution in [1.82, 2.24) is 9.55 Å². The van der Waals surface area contributed by atoms with Gasteiger partial charge in [-0.15, -0.1) is 0 Å². The van der Waals surface area contributed by atoms with Crippen molar-refractivity contribution < 1.29 is 15.0 Å². The van der Waals surface area contributed by atoms with E-state index in [1.165, 1.54) is 17.0 Å². The molecule has 0 spiro atoms. The molecule has 0 aliphatic rings. The molecule has 1 aromatic heterocycles. The Kier molecular flexibility index (Phi) is 3.56. The van der Waals surface area contributed by atoms with Gasteiger partial charge in [-0.05, 0) is 6.92 Å². The van der Waals surface area contributed by atoms with Crippen LogP contribution >= 0.6 is 0 Å². The number of aryl methyl sites for hydroxylation is 1. The van der Waals surface area contributed by atoms with Gasteiger partial charge in [-0.1, -0.05) is 0 Å². The third-order valence-corrected chi connectivity index (χ3v) is 1.83. The predicted octanol–water partition coefficient (Wildman–Crippen LogP) is -0.613. The maximum absolute atomic E-state index is 11.3. The monoisotopic (exact) mass is 212 g/mol. The largest absolute Gasteiger partial charge is 0.481 e. The maximum atomic E-state index is 11.3. The van der Waals surface area contributed by atoms with E-state index in [1.54, 1.807) is 6.92 Å². The number of rotatable bonds is 4. The van der Waals surface area contributed by atoms with Crippen LogP contribution in [0.2, 0.25) is 0 Å². The molecule has 1 unspecified atom stereocenters. The lowest BCUT2D eigenvalue weighted by Gasteiger charge is -2.09. The van der Waals surface area contributed by atoms with Crippen molar-refractivity contribution in [1.29, 1.82) is 0 Å². The van der Waals surface area contributed by atoms with Gasteiger partial charge >= 0.3 is 5.97 Å². The van der Waals surface area contributed by atoms with Crippen molar-refractivity contribution in [2.24, 2.45) is 0 Å². The highest BCUT2D eigenvalue weighted by Crippen LogP contribution is 1.95. The number of carboxylic acid groups (broad SMARTS) is 1. The van der Waals surface area contributed by atoms with Crippen LogP contribution in [0.15, 0.2) is 17.2 Å². The van der Waals surface area contributed by atoms with Crippen LogP contribution < -0.4 is 5.56 Å². The van der Waals surface area contributed by atoms with E-state index < -0.39 is 12.1 Å². The number of carbonyl (C=O) groups is 1. The number of aliphatic hydroxyl groups is 1. The Morgan fingerprint density at radius 3 is 2.87 bits per heavy atom. The minimum Gasteiger partial charge on any atom is -0.481 e. The first-order chi connectivity index (χ1) is 6.99. The summed E-state index contributed by atoms with van der Waals surface area (Å²) in [5.74, 6) is -1.10. The van der Waals surface area contributed by atoms with E-state index >= 15 is 0 Å². The molecule has 6 nitrogen and oxygen atoms in total. The van der Waals surface area contributed by atoms with Gasteiger partial charge in [-0.2, -0.15) is 0 Å². The second-order valence-corrected chi connectivity index (χ2v) is 3.27. The molecule has 15 heavy (non-hydrogen) atoms. The highest BCUT2D eigenvalue weighted by molar-refractivity contribution is 5.67. The van der Waals surface area contributed by atoms with Crippen LogP contribution in [0, 0.1) is 6.92 Å². The molecule has 1 aromatic rings. The number of aromatic nitrogens is 2. The Labute approximate surface area is 85.8 Å². The fourth-order valence-electron chi connectivity index (χ4n) is 1.15. The lowest BCUT2D eigenvalue weighted by molar-refractivity contribution is -0.139. The molecule has 1 rings (SSSR count). The molecular weight excluding hydrogens is 200 g/mol. The first-order valence-electron chi connectivity index (χ1n) is 4.42. The Hall–Kier alpha value is -1.69. The van der Waals surface area contributed by atoms with Crippen molar-refractivity contribution in [2.45, 2.75) is 26.0 Å². The molecule has 0 aliphatic carbocycles. The average molecular weight is 212 g/mol. The lowest BCUT2D eigenvalue weighted by Crippen LogP contribution is -2.28. The zero-order valence-corrected chi connectivity index (χ0v) is 8.25. The van der Waals surface area contributed by atoms with Crippen LogP contribution in [0.5, 0.6) is 0 Å². The normalized spacial score (nSPS) is 12.4. The van der Waals surface area contributed by atoms with E-state index in [-0.39, 0.29) is 18.5 Å². The topological polar surface area (TPSA) is 92.4 Å². The molecule has 0 aliphatic heterocycles. The quantitative estimate of drug-likeness (QED) is 0.694. The van der Waals surface area contributed by atoms with Crippen molar-refractivity contribution in [3.8, 4) is 0 Å². The number of nitrogens with zero attached hydrogens (tertiary/aromatic N) is 2. The molecular formula is C9H12N2O4. The summed E-state index contributed by atoms with van der Waals surface area (Å²) in [6.45, 7) is 1.62. The number of hydrogen-bond donors (Lipinski definition) is 2. The van der Waals surface area contributed by atoms with Gasteiger partial charge in [0.05, 0.1) is 25.4 Å². The minimum atomic E-state index is -1.10. The van der Waals surface area contributed by atoms with Crippen LogP contribution in [-0.2, 0) is 11.3 Å². The van der Waals surface area contributed by atoms with Gasteiger partial charge in [0.2, 0.25) is 0 Å². The molecule has 2 N–H and O–H groups in total. The highest BCUT2D eigenvalue weighted by atomic mass is 16.4. The first-order valence-corrected chi connectivity index (χ1v) is 4.42. The maximum Gasteiger partial charge on any atom is 0.306 e. The molecule has 6 heteroatoms. The van der Waals surface area contributed by atoms with E-state index in [9.17, 15) is 14.7 Å². The van der Waals surface area contributed by atoms with Crippen LogP contribution in [0.25, 0.3) is 0 Å². The van der Waals surface area contributed by atoms with Crippen molar-refractivity contribution in [2.75, 3.05) is 0 Å².